The first-order chi connectivity index (χ1) is 19.1. The van der Waals surface area contributed by atoms with Gasteiger partial charge < -0.3 is 18.9 Å². The summed E-state index contributed by atoms with van der Waals surface area (Å²) in [7, 11) is 3.42. The zero-order valence-corrected chi connectivity index (χ0v) is 23.3. The lowest BCUT2D eigenvalue weighted by atomic mass is 9.79. The Balaban J connectivity index is 1.23. The second kappa shape index (κ2) is 12.8. The van der Waals surface area contributed by atoms with E-state index in [9.17, 15) is 0 Å². The summed E-state index contributed by atoms with van der Waals surface area (Å²) in [4.78, 5) is 0. The first kappa shape index (κ1) is 27.4. The standard InChI is InChI=1S/C34H39FO4/c1-23-21-39-32-20-29(38-22-25-7-5-4-6-8-25)17-18-30(32)33(23)28-16-15-26(31(35)19-28)12-9-24-10-13-27(14-11-24)34(36-2)37-3/h4-8,15-20,24,27,34H,9-14,21-22H2,1-3H3. The van der Waals surface area contributed by atoms with Gasteiger partial charge >= 0.3 is 0 Å². The molecule has 0 unspecified atom stereocenters. The summed E-state index contributed by atoms with van der Waals surface area (Å²) in [6, 6.07) is 21.7. The number of hydrogen-bond acceptors (Lipinski definition) is 4. The Morgan fingerprint density at radius 3 is 2.41 bits per heavy atom. The van der Waals surface area contributed by atoms with Crippen molar-refractivity contribution in [1.82, 2.24) is 0 Å². The van der Waals surface area contributed by atoms with Crippen LogP contribution >= 0.6 is 0 Å². The maximum absolute atomic E-state index is 15.3. The smallest absolute Gasteiger partial charge is 0.159 e. The van der Waals surface area contributed by atoms with E-state index >= 15 is 4.39 Å². The van der Waals surface area contributed by atoms with E-state index in [0.29, 0.717) is 25.0 Å². The normalized spacial score (nSPS) is 19.1. The molecule has 206 valence electrons. The Labute approximate surface area is 231 Å². The average Bonchev–Trinajstić information content (AvgIpc) is 2.97. The Bertz CT molecular complexity index is 1270. The minimum Gasteiger partial charge on any atom is -0.489 e. The van der Waals surface area contributed by atoms with Crippen molar-refractivity contribution in [2.24, 2.45) is 11.8 Å². The lowest BCUT2D eigenvalue weighted by Gasteiger charge is -2.32. The van der Waals surface area contributed by atoms with Gasteiger partial charge in [-0.2, -0.15) is 0 Å². The summed E-state index contributed by atoms with van der Waals surface area (Å²) >= 11 is 0. The summed E-state index contributed by atoms with van der Waals surface area (Å²) in [6.45, 7) is 3.03. The third-order valence-electron chi connectivity index (χ3n) is 8.25. The number of hydrogen-bond donors (Lipinski definition) is 0. The molecule has 4 nitrogen and oxygen atoms in total. The molecule has 5 heteroatoms. The van der Waals surface area contributed by atoms with Crippen molar-refractivity contribution in [3.63, 3.8) is 0 Å². The third kappa shape index (κ3) is 6.54. The van der Waals surface area contributed by atoms with Crippen LogP contribution in [0, 0.1) is 17.7 Å². The molecular formula is C34H39FO4. The monoisotopic (exact) mass is 530 g/mol. The Morgan fingerprint density at radius 1 is 0.923 bits per heavy atom. The predicted octanol–water partition coefficient (Wildman–Crippen LogP) is 7.98. The lowest BCUT2D eigenvalue weighted by Crippen LogP contribution is -2.29. The first-order valence-corrected chi connectivity index (χ1v) is 14.0. The second-order valence-electron chi connectivity index (χ2n) is 10.8. The second-order valence-corrected chi connectivity index (χ2v) is 10.8. The highest BCUT2D eigenvalue weighted by molar-refractivity contribution is 5.86. The molecule has 1 aliphatic heterocycles. The van der Waals surface area contributed by atoms with Gasteiger partial charge in [-0.05, 0) is 97.4 Å². The molecule has 0 saturated heterocycles. The molecule has 0 spiro atoms. The number of fused-ring (bicyclic) bond motifs is 1. The van der Waals surface area contributed by atoms with Crippen LogP contribution in [0.4, 0.5) is 4.39 Å². The SMILES string of the molecule is COC(OC)C1CCC(CCc2ccc(C3=C(C)COc4cc(OCc5ccccc5)ccc43)cc2F)CC1. The van der Waals surface area contributed by atoms with Gasteiger partial charge in [-0.3, -0.25) is 0 Å². The molecule has 0 N–H and O–H groups in total. The maximum Gasteiger partial charge on any atom is 0.159 e. The average molecular weight is 531 g/mol. The summed E-state index contributed by atoms with van der Waals surface area (Å²) < 4.78 is 38.3. The molecule has 0 atom stereocenters. The number of halogens is 1. The van der Waals surface area contributed by atoms with Gasteiger partial charge in [-0.15, -0.1) is 0 Å². The molecule has 3 aromatic rings. The van der Waals surface area contributed by atoms with Gasteiger partial charge in [0.2, 0.25) is 0 Å². The Hall–Kier alpha value is -3.15. The molecule has 2 aliphatic rings. The Kier molecular flexibility index (Phi) is 9.00. The number of aryl methyl sites for hydroxylation is 1. The van der Waals surface area contributed by atoms with E-state index in [2.05, 4.69) is 13.0 Å². The third-order valence-corrected chi connectivity index (χ3v) is 8.25. The molecular weight excluding hydrogens is 491 g/mol. The summed E-state index contributed by atoms with van der Waals surface area (Å²) in [5.74, 6) is 2.48. The zero-order valence-electron chi connectivity index (χ0n) is 23.3. The van der Waals surface area contributed by atoms with E-state index in [1.807, 2.05) is 54.6 Å². The summed E-state index contributed by atoms with van der Waals surface area (Å²) in [6.07, 6.45) is 6.16. The molecule has 0 bridgehead atoms. The van der Waals surface area contributed by atoms with Gasteiger partial charge in [0.25, 0.3) is 0 Å². The van der Waals surface area contributed by atoms with Gasteiger partial charge in [0.15, 0.2) is 6.29 Å². The van der Waals surface area contributed by atoms with Crippen LogP contribution in [-0.2, 0) is 22.5 Å². The predicted molar refractivity (Wildman–Crippen MR) is 152 cm³/mol. The van der Waals surface area contributed by atoms with E-state index in [0.717, 1.165) is 83.4 Å². The van der Waals surface area contributed by atoms with Gasteiger partial charge in [0, 0.05) is 31.8 Å². The van der Waals surface area contributed by atoms with Crippen LogP contribution in [0.3, 0.4) is 0 Å². The largest absolute Gasteiger partial charge is 0.489 e. The fraction of sp³-hybridized carbons (Fsp3) is 0.412. The first-order valence-electron chi connectivity index (χ1n) is 14.0. The van der Waals surface area contributed by atoms with Crippen LogP contribution in [0.5, 0.6) is 11.5 Å². The molecule has 0 radical (unpaired) electrons. The van der Waals surface area contributed by atoms with E-state index in [-0.39, 0.29) is 12.1 Å². The van der Waals surface area contributed by atoms with Crippen molar-refractivity contribution in [2.45, 2.75) is 58.3 Å². The molecule has 1 fully saturated rings. The maximum atomic E-state index is 15.3. The van der Waals surface area contributed by atoms with Crippen molar-refractivity contribution in [1.29, 1.82) is 0 Å². The van der Waals surface area contributed by atoms with Crippen LogP contribution in [0.1, 0.15) is 61.3 Å². The van der Waals surface area contributed by atoms with Crippen molar-refractivity contribution in [3.05, 3.63) is 100 Å². The van der Waals surface area contributed by atoms with Gasteiger partial charge in [0.05, 0.1) is 0 Å². The quantitative estimate of drug-likeness (QED) is 0.249. The van der Waals surface area contributed by atoms with Crippen LogP contribution < -0.4 is 9.47 Å². The van der Waals surface area contributed by atoms with Crippen LogP contribution in [0.25, 0.3) is 5.57 Å². The molecule has 0 aromatic heterocycles. The molecule has 39 heavy (non-hydrogen) atoms. The number of methoxy groups -OCH3 is 2. The highest BCUT2D eigenvalue weighted by atomic mass is 19.1. The number of rotatable bonds is 10. The molecule has 1 aliphatic carbocycles. The minimum absolute atomic E-state index is 0.113. The van der Waals surface area contributed by atoms with Crippen molar-refractivity contribution >= 4 is 5.57 Å². The molecule has 5 rings (SSSR count). The van der Waals surface area contributed by atoms with Gasteiger partial charge in [-0.1, -0.05) is 42.5 Å². The van der Waals surface area contributed by atoms with Crippen molar-refractivity contribution in [3.8, 4) is 11.5 Å². The minimum atomic E-state index is -0.129. The zero-order chi connectivity index (χ0) is 27.2. The highest BCUT2D eigenvalue weighted by Crippen LogP contribution is 2.40. The summed E-state index contributed by atoms with van der Waals surface area (Å²) in [5.41, 5.74) is 5.90. The van der Waals surface area contributed by atoms with Gasteiger partial charge in [-0.25, -0.2) is 4.39 Å². The fourth-order valence-corrected chi connectivity index (χ4v) is 6.04. The number of ether oxygens (including phenoxy) is 4. The molecule has 1 heterocycles. The molecule has 1 saturated carbocycles. The Morgan fingerprint density at radius 2 is 1.69 bits per heavy atom. The fourth-order valence-electron chi connectivity index (χ4n) is 6.04. The van der Waals surface area contributed by atoms with Crippen molar-refractivity contribution in [2.75, 3.05) is 20.8 Å². The summed E-state index contributed by atoms with van der Waals surface area (Å²) in [5, 5.41) is 0. The van der Waals surface area contributed by atoms with Crippen LogP contribution in [0.2, 0.25) is 0 Å². The van der Waals surface area contributed by atoms with E-state index < -0.39 is 0 Å². The number of benzene rings is 3. The van der Waals surface area contributed by atoms with E-state index in [1.165, 1.54) is 0 Å². The highest BCUT2D eigenvalue weighted by Gasteiger charge is 2.28. The van der Waals surface area contributed by atoms with E-state index in [1.54, 1.807) is 20.3 Å². The topological polar surface area (TPSA) is 36.9 Å². The van der Waals surface area contributed by atoms with Crippen molar-refractivity contribution < 1.29 is 23.3 Å². The lowest BCUT2D eigenvalue weighted by molar-refractivity contribution is -0.145. The molecule has 3 aromatic carbocycles. The molecule has 0 amide bonds. The van der Waals surface area contributed by atoms with Crippen LogP contribution in [-0.4, -0.2) is 27.1 Å². The van der Waals surface area contributed by atoms with Crippen LogP contribution in [0.15, 0.2) is 72.3 Å². The van der Waals surface area contributed by atoms with E-state index in [4.69, 9.17) is 18.9 Å². The van der Waals surface area contributed by atoms with Gasteiger partial charge in [0.1, 0.15) is 30.5 Å².